The lowest BCUT2D eigenvalue weighted by Gasteiger charge is -2.32. The van der Waals surface area contributed by atoms with Gasteiger partial charge in [-0.2, -0.15) is 0 Å². The number of aromatic nitrogens is 3. The van der Waals surface area contributed by atoms with Crippen LogP contribution >= 0.6 is 11.8 Å². The van der Waals surface area contributed by atoms with Crippen molar-refractivity contribution in [1.29, 1.82) is 0 Å². The molecule has 8 heteroatoms. The summed E-state index contributed by atoms with van der Waals surface area (Å²) in [5.74, 6) is 1.78. The molecule has 31 heavy (non-hydrogen) atoms. The molecule has 1 aromatic carbocycles. The van der Waals surface area contributed by atoms with Gasteiger partial charge in [0.2, 0.25) is 11.8 Å². The van der Waals surface area contributed by atoms with Gasteiger partial charge in [0.05, 0.1) is 12.3 Å². The number of carbonyl (C=O) groups is 2. The first-order chi connectivity index (χ1) is 14.8. The lowest BCUT2D eigenvalue weighted by atomic mass is 9.95. The molecule has 1 aliphatic rings. The van der Waals surface area contributed by atoms with Crippen LogP contribution in [0, 0.1) is 18.8 Å². The van der Waals surface area contributed by atoms with E-state index in [1.807, 2.05) is 41.5 Å². The molecule has 1 saturated heterocycles. The highest BCUT2D eigenvalue weighted by Crippen LogP contribution is 2.22. The zero-order valence-electron chi connectivity index (χ0n) is 18.9. The summed E-state index contributed by atoms with van der Waals surface area (Å²) in [6, 6.07) is 10.3. The van der Waals surface area contributed by atoms with Crippen molar-refractivity contribution in [2.24, 2.45) is 11.8 Å². The van der Waals surface area contributed by atoms with Gasteiger partial charge in [-0.15, -0.1) is 10.2 Å². The second kappa shape index (κ2) is 10.8. The summed E-state index contributed by atoms with van der Waals surface area (Å²) < 4.78 is 2.04. The van der Waals surface area contributed by atoms with Crippen LogP contribution in [-0.4, -0.2) is 56.4 Å². The lowest BCUT2D eigenvalue weighted by molar-refractivity contribution is -0.134. The zero-order chi connectivity index (χ0) is 22.4. The van der Waals surface area contributed by atoms with Crippen molar-refractivity contribution in [2.45, 2.75) is 58.3 Å². The van der Waals surface area contributed by atoms with E-state index in [0.29, 0.717) is 31.3 Å². The Balaban J connectivity index is 1.49. The van der Waals surface area contributed by atoms with Crippen molar-refractivity contribution in [2.75, 3.05) is 18.8 Å². The summed E-state index contributed by atoms with van der Waals surface area (Å²) in [5.41, 5.74) is 1.17. The van der Waals surface area contributed by atoms with Crippen molar-refractivity contribution < 1.29 is 9.59 Å². The van der Waals surface area contributed by atoms with Gasteiger partial charge in [-0.3, -0.25) is 9.59 Å². The molecule has 2 heterocycles. The van der Waals surface area contributed by atoms with Crippen molar-refractivity contribution >= 4 is 23.6 Å². The third-order valence-corrected chi connectivity index (χ3v) is 6.95. The molecule has 3 rings (SSSR count). The summed E-state index contributed by atoms with van der Waals surface area (Å²) in [4.78, 5) is 27.1. The first-order valence-corrected chi connectivity index (χ1v) is 12.0. The van der Waals surface area contributed by atoms with Crippen LogP contribution in [0.25, 0.3) is 0 Å². The molecule has 7 nitrogen and oxygen atoms in total. The highest BCUT2D eigenvalue weighted by molar-refractivity contribution is 7.99. The molecule has 2 aromatic rings. The maximum atomic E-state index is 12.7. The van der Waals surface area contributed by atoms with Crippen LogP contribution in [0.3, 0.4) is 0 Å². The first-order valence-electron chi connectivity index (χ1n) is 11.0. The van der Waals surface area contributed by atoms with Gasteiger partial charge in [-0.1, -0.05) is 55.9 Å². The predicted molar refractivity (Wildman–Crippen MR) is 123 cm³/mol. The van der Waals surface area contributed by atoms with Gasteiger partial charge in [0, 0.05) is 25.0 Å². The van der Waals surface area contributed by atoms with E-state index in [2.05, 4.69) is 41.5 Å². The van der Waals surface area contributed by atoms with Crippen molar-refractivity contribution in [3.05, 3.63) is 41.7 Å². The Bertz CT molecular complexity index is 875. The van der Waals surface area contributed by atoms with Gasteiger partial charge in [-0.05, 0) is 38.2 Å². The number of likely N-dealkylation sites (tertiary alicyclic amines) is 1. The molecule has 1 aromatic heterocycles. The van der Waals surface area contributed by atoms with E-state index in [1.54, 1.807) is 0 Å². The van der Waals surface area contributed by atoms with Gasteiger partial charge in [0.25, 0.3) is 0 Å². The fraction of sp³-hybridized carbons (Fsp3) is 0.565. The van der Waals surface area contributed by atoms with Crippen molar-refractivity contribution in [1.82, 2.24) is 25.0 Å². The minimum Gasteiger partial charge on any atom is -0.353 e. The van der Waals surface area contributed by atoms with E-state index >= 15 is 0 Å². The Labute approximate surface area is 189 Å². The smallest absolute Gasteiger partial charge is 0.233 e. The molecule has 0 bridgehead atoms. The van der Waals surface area contributed by atoms with Crippen LogP contribution in [0.4, 0.5) is 0 Å². The average Bonchev–Trinajstić information content (AvgIpc) is 3.12. The second-order valence-electron chi connectivity index (χ2n) is 8.59. The summed E-state index contributed by atoms with van der Waals surface area (Å²) in [6.45, 7) is 10.1. The Hall–Kier alpha value is -2.35. The molecular weight excluding hydrogens is 410 g/mol. The van der Waals surface area contributed by atoms with Gasteiger partial charge < -0.3 is 14.8 Å². The number of amides is 2. The molecule has 0 aliphatic carbocycles. The van der Waals surface area contributed by atoms with E-state index in [1.165, 1.54) is 17.3 Å². The largest absolute Gasteiger partial charge is 0.353 e. The molecule has 0 saturated carbocycles. The molecule has 1 fully saturated rings. The van der Waals surface area contributed by atoms with Gasteiger partial charge in [0.15, 0.2) is 5.16 Å². The maximum absolute atomic E-state index is 12.7. The number of rotatable bonds is 8. The third-order valence-electron chi connectivity index (χ3n) is 6.00. The number of benzene rings is 1. The fourth-order valence-corrected chi connectivity index (χ4v) is 4.42. The molecular formula is C23H33N5O2S. The molecule has 1 N–H and O–H groups in total. The Morgan fingerprint density at radius 2 is 1.81 bits per heavy atom. The van der Waals surface area contributed by atoms with E-state index < -0.39 is 0 Å². The minimum absolute atomic E-state index is 0.00507. The van der Waals surface area contributed by atoms with Crippen molar-refractivity contribution in [3.63, 3.8) is 0 Å². The summed E-state index contributed by atoms with van der Waals surface area (Å²) >= 11 is 1.43. The predicted octanol–water partition coefficient (Wildman–Crippen LogP) is 3.13. The molecule has 0 radical (unpaired) electrons. The molecule has 2 amide bonds. The average molecular weight is 444 g/mol. The number of aryl methyl sites for hydroxylation is 1. The van der Waals surface area contributed by atoms with Gasteiger partial charge in [-0.25, -0.2) is 0 Å². The molecule has 1 aliphatic heterocycles. The fourth-order valence-electron chi connectivity index (χ4n) is 3.53. The molecule has 1 unspecified atom stereocenters. The topological polar surface area (TPSA) is 80.1 Å². The Morgan fingerprint density at radius 1 is 1.13 bits per heavy atom. The Kier molecular flexibility index (Phi) is 8.12. The number of piperidine rings is 1. The highest BCUT2D eigenvalue weighted by Gasteiger charge is 2.28. The highest BCUT2D eigenvalue weighted by atomic mass is 32.2. The quantitative estimate of drug-likeness (QED) is 0.634. The maximum Gasteiger partial charge on any atom is 0.233 e. The van der Waals surface area contributed by atoms with Gasteiger partial charge >= 0.3 is 0 Å². The SMILES string of the molecule is Cc1nnc(SCC(=O)N2CCC(C(=O)NC(C)C(C)C)CC2)n1Cc1ccccc1. The number of hydrogen-bond donors (Lipinski definition) is 1. The Morgan fingerprint density at radius 3 is 2.45 bits per heavy atom. The molecule has 168 valence electrons. The number of hydrogen-bond acceptors (Lipinski definition) is 5. The second-order valence-corrected chi connectivity index (χ2v) is 9.53. The number of nitrogens with one attached hydrogen (secondary N) is 1. The lowest BCUT2D eigenvalue weighted by Crippen LogP contribution is -2.46. The van der Waals surface area contributed by atoms with Gasteiger partial charge in [0.1, 0.15) is 5.82 Å². The van der Waals surface area contributed by atoms with E-state index in [-0.39, 0.29) is 23.8 Å². The number of nitrogens with zero attached hydrogens (tertiary/aromatic N) is 4. The molecule has 1 atom stereocenters. The standard InChI is InChI=1S/C23H33N5O2S/c1-16(2)17(3)24-22(30)20-10-12-27(13-11-20)21(29)15-31-23-26-25-18(4)28(23)14-19-8-6-5-7-9-19/h5-9,16-17,20H,10-15H2,1-4H3,(H,24,30). The van der Waals surface area contributed by atoms with Crippen LogP contribution in [0.2, 0.25) is 0 Å². The van der Waals surface area contributed by atoms with E-state index in [0.717, 1.165) is 23.8 Å². The van der Waals surface area contributed by atoms with Crippen LogP contribution < -0.4 is 5.32 Å². The normalized spacial score (nSPS) is 15.8. The van der Waals surface area contributed by atoms with Crippen LogP contribution in [0.1, 0.15) is 45.0 Å². The molecule has 0 spiro atoms. The summed E-state index contributed by atoms with van der Waals surface area (Å²) in [6.07, 6.45) is 1.44. The summed E-state index contributed by atoms with van der Waals surface area (Å²) in [7, 11) is 0. The summed E-state index contributed by atoms with van der Waals surface area (Å²) in [5, 5.41) is 12.3. The third kappa shape index (κ3) is 6.32. The number of carbonyl (C=O) groups excluding carboxylic acids is 2. The van der Waals surface area contributed by atoms with E-state index in [4.69, 9.17) is 0 Å². The van der Waals surface area contributed by atoms with Crippen molar-refractivity contribution in [3.8, 4) is 0 Å². The monoisotopic (exact) mass is 443 g/mol. The van der Waals surface area contributed by atoms with Crippen LogP contribution in [-0.2, 0) is 16.1 Å². The number of thioether (sulfide) groups is 1. The van der Waals surface area contributed by atoms with Crippen LogP contribution in [0.15, 0.2) is 35.5 Å². The van der Waals surface area contributed by atoms with Crippen LogP contribution in [0.5, 0.6) is 0 Å². The first kappa shape index (κ1) is 23.3. The van der Waals surface area contributed by atoms with E-state index in [9.17, 15) is 9.59 Å². The zero-order valence-corrected chi connectivity index (χ0v) is 19.7. The minimum atomic E-state index is -0.00507.